The first-order valence-electron chi connectivity index (χ1n) is 7.18. The van der Waals surface area contributed by atoms with Crippen LogP contribution < -0.4 is 10.7 Å². The maximum absolute atomic E-state index is 12.1. The van der Waals surface area contributed by atoms with E-state index in [1.54, 1.807) is 0 Å². The Balaban J connectivity index is 1.90. The molecular formula is C14H20N4O4. The van der Waals surface area contributed by atoms with Crippen LogP contribution in [0.25, 0.3) is 0 Å². The topological polar surface area (TPSA) is 108 Å². The summed E-state index contributed by atoms with van der Waals surface area (Å²) in [7, 11) is 0. The van der Waals surface area contributed by atoms with E-state index < -0.39 is 11.8 Å². The summed E-state index contributed by atoms with van der Waals surface area (Å²) in [4.78, 5) is 48.0. The van der Waals surface area contributed by atoms with Crippen molar-refractivity contribution in [2.75, 3.05) is 6.54 Å². The summed E-state index contributed by atoms with van der Waals surface area (Å²) < 4.78 is 0. The van der Waals surface area contributed by atoms with Gasteiger partial charge in [-0.05, 0) is 20.8 Å². The van der Waals surface area contributed by atoms with Crippen LogP contribution in [0.15, 0.2) is 5.10 Å². The Morgan fingerprint density at radius 3 is 2.41 bits per heavy atom. The van der Waals surface area contributed by atoms with Crippen LogP contribution in [-0.2, 0) is 19.2 Å². The minimum Gasteiger partial charge on any atom is -0.350 e. The van der Waals surface area contributed by atoms with Crippen molar-refractivity contribution in [3.8, 4) is 0 Å². The lowest BCUT2D eigenvalue weighted by atomic mass is 10.0. The second-order valence-electron chi connectivity index (χ2n) is 6.48. The molecule has 0 bridgehead atoms. The number of carbonyl (C=O) groups excluding carboxylic acids is 4. The molecule has 1 unspecified atom stereocenters. The number of nitrogens with zero attached hydrogens (tertiary/aromatic N) is 2. The van der Waals surface area contributed by atoms with Gasteiger partial charge in [-0.1, -0.05) is 0 Å². The van der Waals surface area contributed by atoms with Gasteiger partial charge in [0.25, 0.3) is 0 Å². The smallest absolute Gasteiger partial charge is 0.244 e. The SMILES string of the molecule is CC(C)(C)NC(=O)C1CC(C(=O)CN2C(=O)CCC2=O)=NN1. The van der Waals surface area contributed by atoms with Crippen LogP contribution >= 0.6 is 0 Å². The molecule has 2 heterocycles. The second kappa shape index (κ2) is 5.86. The van der Waals surface area contributed by atoms with Crippen LogP contribution in [0.3, 0.4) is 0 Å². The summed E-state index contributed by atoms with van der Waals surface area (Å²) in [5, 5.41) is 6.67. The first kappa shape index (κ1) is 16.1. The molecule has 2 rings (SSSR count). The van der Waals surface area contributed by atoms with E-state index in [1.165, 1.54) is 0 Å². The normalized spacial score (nSPS) is 21.7. The van der Waals surface area contributed by atoms with Crippen molar-refractivity contribution >= 4 is 29.2 Å². The third kappa shape index (κ3) is 3.69. The van der Waals surface area contributed by atoms with E-state index in [-0.39, 0.29) is 54.8 Å². The van der Waals surface area contributed by atoms with E-state index in [0.29, 0.717) is 0 Å². The number of nitrogens with one attached hydrogen (secondary N) is 2. The number of likely N-dealkylation sites (tertiary alicyclic amines) is 1. The Hall–Kier alpha value is -2.25. The van der Waals surface area contributed by atoms with E-state index >= 15 is 0 Å². The number of carbonyl (C=O) groups is 4. The minimum absolute atomic E-state index is 0.146. The fourth-order valence-corrected chi connectivity index (χ4v) is 2.26. The number of rotatable bonds is 4. The molecule has 1 atom stereocenters. The van der Waals surface area contributed by atoms with E-state index in [2.05, 4.69) is 15.8 Å². The van der Waals surface area contributed by atoms with Gasteiger partial charge in [0.05, 0.1) is 6.54 Å². The Morgan fingerprint density at radius 1 is 1.27 bits per heavy atom. The lowest BCUT2D eigenvalue weighted by Crippen LogP contribution is -2.48. The highest BCUT2D eigenvalue weighted by Crippen LogP contribution is 2.13. The van der Waals surface area contributed by atoms with Gasteiger partial charge in [0, 0.05) is 24.8 Å². The number of amides is 3. The molecule has 2 aliphatic heterocycles. The first-order valence-corrected chi connectivity index (χ1v) is 7.18. The molecule has 120 valence electrons. The Kier molecular flexibility index (Phi) is 4.30. The van der Waals surface area contributed by atoms with Crippen molar-refractivity contribution in [2.24, 2.45) is 5.10 Å². The van der Waals surface area contributed by atoms with Crippen molar-refractivity contribution in [3.05, 3.63) is 0 Å². The molecule has 0 aromatic heterocycles. The van der Waals surface area contributed by atoms with Crippen LogP contribution in [-0.4, -0.2) is 52.2 Å². The second-order valence-corrected chi connectivity index (χ2v) is 6.48. The Labute approximate surface area is 128 Å². The van der Waals surface area contributed by atoms with Crippen LogP contribution in [0.1, 0.15) is 40.0 Å². The van der Waals surface area contributed by atoms with Gasteiger partial charge < -0.3 is 5.32 Å². The van der Waals surface area contributed by atoms with E-state index in [1.807, 2.05) is 20.8 Å². The third-order valence-corrected chi connectivity index (χ3v) is 3.35. The van der Waals surface area contributed by atoms with E-state index in [4.69, 9.17) is 0 Å². The molecule has 2 N–H and O–H groups in total. The van der Waals surface area contributed by atoms with Crippen molar-refractivity contribution in [1.82, 2.24) is 15.6 Å². The molecule has 0 saturated carbocycles. The Bertz CT molecular complexity index is 546. The number of imide groups is 1. The van der Waals surface area contributed by atoms with Gasteiger partial charge in [-0.3, -0.25) is 29.5 Å². The summed E-state index contributed by atoms with van der Waals surface area (Å²) in [6.45, 7) is 5.28. The van der Waals surface area contributed by atoms with Gasteiger partial charge >= 0.3 is 0 Å². The van der Waals surface area contributed by atoms with Gasteiger partial charge in [0.1, 0.15) is 11.8 Å². The molecule has 0 spiro atoms. The molecule has 22 heavy (non-hydrogen) atoms. The van der Waals surface area contributed by atoms with Crippen molar-refractivity contribution in [1.29, 1.82) is 0 Å². The molecule has 0 radical (unpaired) electrons. The number of hydrazone groups is 1. The molecule has 1 saturated heterocycles. The zero-order valence-corrected chi connectivity index (χ0v) is 12.9. The van der Waals surface area contributed by atoms with Crippen LogP contribution in [0, 0.1) is 0 Å². The highest BCUT2D eigenvalue weighted by atomic mass is 16.2. The lowest BCUT2D eigenvalue weighted by Gasteiger charge is -2.22. The van der Waals surface area contributed by atoms with Crippen molar-refractivity contribution in [2.45, 2.75) is 51.6 Å². The molecule has 0 aromatic carbocycles. The number of ketones is 1. The van der Waals surface area contributed by atoms with Crippen LogP contribution in [0.5, 0.6) is 0 Å². The van der Waals surface area contributed by atoms with Gasteiger partial charge in [-0.25, -0.2) is 0 Å². The highest BCUT2D eigenvalue weighted by molar-refractivity contribution is 6.42. The van der Waals surface area contributed by atoms with Crippen molar-refractivity contribution < 1.29 is 19.2 Å². The molecule has 8 heteroatoms. The van der Waals surface area contributed by atoms with Gasteiger partial charge in [0.15, 0.2) is 5.78 Å². The largest absolute Gasteiger partial charge is 0.350 e. The summed E-state index contributed by atoms with van der Waals surface area (Å²) >= 11 is 0. The monoisotopic (exact) mass is 308 g/mol. The highest BCUT2D eigenvalue weighted by Gasteiger charge is 2.35. The summed E-state index contributed by atoms with van der Waals surface area (Å²) in [5.41, 5.74) is 2.43. The zero-order chi connectivity index (χ0) is 16.5. The molecular weight excluding hydrogens is 288 g/mol. The minimum atomic E-state index is -0.608. The molecule has 1 fully saturated rings. The summed E-state index contributed by atoms with van der Waals surface area (Å²) in [6, 6.07) is -0.608. The Morgan fingerprint density at radius 2 is 1.86 bits per heavy atom. The number of Topliss-reactive ketones (excluding diaryl/α,β-unsaturated/α-hetero) is 1. The average Bonchev–Trinajstić information content (AvgIpc) is 2.99. The standard InChI is InChI=1S/C14H20N4O4/c1-14(2,3)15-13(22)9-6-8(16-17-9)10(19)7-18-11(20)4-5-12(18)21/h9,17H,4-7H2,1-3H3,(H,15,22). The van der Waals surface area contributed by atoms with Gasteiger partial charge in [-0.2, -0.15) is 5.10 Å². The lowest BCUT2D eigenvalue weighted by molar-refractivity contribution is -0.140. The zero-order valence-electron chi connectivity index (χ0n) is 12.9. The van der Waals surface area contributed by atoms with E-state index in [0.717, 1.165) is 4.90 Å². The van der Waals surface area contributed by atoms with Crippen LogP contribution in [0.2, 0.25) is 0 Å². The fourth-order valence-electron chi connectivity index (χ4n) is 2.26. The fraction of sp³-hybridized carbons (Fsp3) is 0.643. The maximum Gasteiger partial charge on any atom is 0.244 e. The average molecular weight is 308 g/mol. The van der Waals surface area contributed by atoms with Gasteiger partial charge in [0.2, 0.25) is 17.7 Å². The van der Waals surface area contributed by atoms with Crippen molar-refractivity contribution in [3.63, 3.8) is 0 Å². The molecule has 3 amide bonds. The number of hydrogen-bond donors (Lipinski definition) is 2. The van der Waals surface area contributed by atoms with Gasteiger partial charge in [-0.15, -0.1) is 0 Å². The number of hydrogen-bond acceptors (Lipinski definition) is 6. The maximum atomic E-state index is 12.1. The summed E-state index contributed by atoms with van der Waals surface area (Å²) in [5.74, 6) is -1.34. The molecule has 0 aromatic rings. The molecule has 0 aliphatic carbocycles. The third-order valence-electron chi connectivity index (χ3n) is 3.35. The predicted molar refractivity (Wildman–Crippen MR) is 77.8 cm³/mol. The molecule has 2 aliphatic rings. The van der Waals surface area contributed by atoms with Crippen LogP contribution in [0.4, 0.5) is 0 Å². The predicted octanol–water partition coefficient (Wildman–Crippen LogP) is -0.663. The van der Waals surface area contributed by atoms with E-state index in [9.17, 15) is 19.2 Å². The quantitative estimate of drug-likeness (QED) is 0.670. The first-order chi connectivity index (χ1) is 10.2. The summed E-state index contributed by atoms with van der Waals surface area (Å²) in [6.07, 6.45) is 0.442. The molecule has 8 nitrogen and oxygen atoms in total.